The first-order chi connectivity index (χ1) is 8.13. The van der Waals surface area contributed by atoms with Crippen LogP contribution in [0.5, 0.6) is 0 Å². The summed E-state index contributed by atoms with van der Waals surface area (Å²) >= 11 is 5.90. The van der Waals surface area contributed by atoms with Gasteiger partial charge in [0.1, 0.15) is 0 Å². The predicted octanol–water partition coefficient (Wildman–Crippen LogP) is 2.25. The number of hydrogen-bond donors (Lipinski definition) is 0. The van der Waals surface area contributed by atoms with Gasteiger partial charge in [0.25, 0.3) is 0 Å². The Morgan fingerprint density at radius 2 is 2.24 bits per heavy atom. The maximum absolute atomic E-state index is 11.7. The van der Waals surface area contributed by atoms with Gasteiger partial charge >= 0.3 is 5.97 Å². The lowest BCUT2D eigenvalue weighted by Gasteiger charge is -2.18. The Kier molecular flexibility index (Phi) is 3.33. The molecule has 1 amide bonds. The molecule has 0 aromatic heterocycles. The highest BCUT2D eigenvalue weighted by molar-refractivity contribution is 6.31. The van der Waals surface area contributed by atoms with Gasteiger partial charge in [0.15, 0.2) is 0 Å². The topological polar surface area (TPSA) is 46.6 Å². The molecule has 90 valence electrons. The van der Waals surface area contributed by atoms with Crippen LogP contribution in [-0.2, 0) is 9.53 Å². The minimum absolute atomic E-state index is 0.0115. The molecule has 0 aliphatic carbocycles. The zero-order valence-electron chi connectivity index (χ0n) is 9.40. The second-order valence-corrected chi connectivity index (χ2v) is 4.24. The van der Waals surface area contributed by atoms with E-state index in [1.165, 1.54) is 7.11 Å². The number of nitrogens with zero attached hydrogens (tertiary/aromatic N) is 1. The monoisotopic (exact) mass is 253 g/mol. The Bertz CT molecular complexity index is 473. The van der Waals surface area contributed by atoms with Gasteiger partial charge in [-0.2, -0.15) is 0 Å². The van der Waals surface area contributed by atoms with E-state index in [2.05, 4.69) is 0 Å². The summed E-state index contributed by atoms with van der Waals surface area (Å²) in [7, 11) is 1.31. The second-order valence-electron chi connectivity index (χ2n) is 3.80. The molecule has 1 aliphatic rings. The zero-order chi connectivity index (χ0) is 12.4. The summed E-state index contributed by atoms with van der Waals surface area (Å²) < 4.78 is 4.69. The lowest BCUT2D eigenvalue weighted by molar-refractivity contribution is -0.117. The molecule has 1 aromatic rings. The Balaban J connectivity index is 2.46. The fourth-order valence-electron chi connectivity index (χ4n) is 1.91. The first kappa shape index (κ1) is 11.9. The Hall–Kier alpha value is -1.55. The molecule has 0 bridgehead atoms. The normalized spacial score (nSPS) is 15.2. The molecular weight excluding hydrogens is 242 g/mol. The Morgan fingerprint density at radius 3 is 2.82 bits per heavy atom. The van der Waals surface area contributed by atoms with E-state index < -0.39 is 5.97 Å². The number of carbonyl (C=O) groups is 2. The van der Waals surface area contributed by atoms with E-state index >= 15 is 0 Å². The number of benzene rings is 1. The largest absolute Gasteiger partial charge is 0.465 e. The highest BCUT2D eigenvalue weighted by atomic mass is 35.5. The van der Waals surface area contributed by atoms with Crippen LogP contribution in [0.4, 0.5) is 5.69 Å². The van der Waals surface area contributed by atoms with Crippen LogP contribution < -0.4 is 4.90 Å². The highest BCUT2D eigenvalue weighted by Crippen LogP contribution is 2.29. The number of hydrogen-bond acceptors (Lipinski definition) is 3. The van der Waals surface area contributed by atoms with Crippen molar-refractivity contribution in [3.63, 3.8) is 0 Å². The smallest absolute Gasteiger partial charge is 0.339 e. The molecule has 1 fully saturated rings. The predicted molar refractivity (Wildman–Crippen MR) is 64.4 cm³/mol. The minimum atomic E-state index is -0.462. The number of esters is 1. The van der Waals surface area contributed by atoms with E-state index in [-0.39, 0.29) is 5.91 Å². The molecule has 5 heteroatoms. The van der Waals surface area contributed by atoms with E-state index in [1.807, 2.05) is 0 Å². The maximum Gasteiger partial charge on any atom is 0.339 e. The van der Waals surface area contributed by atoms with Crippen molar-refractivity contribution in [2.75, 3.05) is 18.6 Å². The second kappa shape index (κ2) is 4.75. The molecular formula is C12H12ClNO3. The SMILES string of the molecule is COC(=O)c1ccc(Cl)cc1N1CCCC1=O. The molecule has 0 radical (unpaired) electrons. The van der Waals surface area contributed by atoms with Crippen LogP contribution in [0.25, 0.3) is 0 Å². The third-order valence-electron chi connectivity index (χ3n) is 2.73. The molecule has 4 nitrogen and oxygen atoms in total. The molecule has 0 spiro atoms. The van der Waals surface area contributed by atoms with E-state index in [9.17, 15) is 9.59 Å². The summed E-state index contributed by atoms with van der Waals surface area (Å²) in [6.45, 7) is 0.614. The highest BCUT2D eigenvalue weighted by Gasteiger charge is 2.26. The Labute approximate surface area is 104 Å². The number of ether oxygens (including phenoxy) is 1. The maximum atomic E-state index is 11.7. The van der Waals surface area contributed by atoms with Gasteiger partial charge in [-0.3, -0.25) is 4.79 Å². The van der Waals surface area contributed by atoms with E-state index in [4.69, 9.17) is 16.3 Å². The zero-order valence-corrected chi connectivity index (χ0v) is 10.2. The van der Waals surface area contributed by atoms with Gasteiger partial charge in [-0.25, -0.2) is 4.79 Å². The summed E-state index contributed by atoms with van der Waals surface area (Å²) in [5.74, 6) is -0.450. The number of amides is 1. The molecule has 0 saturated carbocycles. The molecule has 0 unspecified atom stereocenters. The van der Waals surface area contributed by atoms with Crippen LogP contribution in [0.2, 0.25) is 5.02 Å². The van der Waals surface area contributed by atoms with E-state index in [1.54, 1.807) is 23.1 Å². The van der Waals surface area contributed by atoms with Gasteiger partial charge in [0.05, 0.1) is 18.4 Å². The van der Waals surface area contributed by atoms with Crippen LogP contribution in [-0.4, -0.2) is 25.5 Å². The standard InChI is InChI=1S/C12H12ClNO3/c1-17-12(16)9-5-4-8(13)7-10(9)14-6-2-3-11(14)15/h4-5,7H,2-3,6H2,1H3. The molecule has 0 N–H and O–H groups in total. The van der Waals surface area contributed by atoms with Crippen LogP contribution in [0, 0.1) is 0 Å². The lowest BCUT2D eigenvalue weighted by Crippen LogP contribution is -2.26. The quantitative estimate of drug-likeness (QED) is 0.760. The summed E-state index contributed by atoms with van der Waals surface area (Å²) in [4.78, 5) is 24.9. The molecule has 1 heterocycles. The van der Waals surface area contributed by atoms with Crippen molar-refractivity contribution in [3.8, 4) is 0 Å². The lowest BCUT2D eigenvalue weighted by atomic mass is 10.1. The third-order valence-corrected chi connectivity index (χ3v) is 2.96. The average Bonchev–Trinajstić information content (AvgIpc) is 2.74. The summed E-state index contributed by atoms with van der Waals surface area (Å²) in [5, 5.41) is 0.493. The number of halogens is 1. The average molecular weight is 254 g/mol. The van der Waals surface area contributed by atoms with Gasteiger partial charge in [-0.05, 0) is 24.6 Å². The summed E-state index contributed by atoms with van der Waals surface area (Å²) in [6, 6.07) is 4.81. The summed E-state index contributed by atoms with van der Waals surface area (Å²) in [6.07, 6.45) is 1.30. The van der Waals surface area contributed by atoms with Crippen LogP contribution >= 0.6 is 11.6 Å². The van der Waals surface area contributed by atoms with Gasteiger partial charge in [-0.1, -0.05) is 11.6 Å². The molecule has 0 atom stereocenters. The van der Waals surface area contributed by atoms with Crippen molar-refractivity contribution in [1.29, 1.82) is 0 Å². The molecule has 17 heavy (non-hydrogen) atoms. The van der Waals surface area contributed by atoms with Crippen molar-refractivity contribution < 1.29 is 14.3 Å². The molecule has 2 rings (SSSR count). The summed E-state index contributed by atoms with van der Waals surface area (Å²) in [5.41, 5.74) is 0.902. The van der Waals surface area contributed by atoms with Gasteiger partial charge < -0.3 is 9.64 Å². The van der Waals surface area contributed by atoms with E-state index in [0.29, 0.717) is 29.2 Å². The first-order valence-electron chi connectivity index (χ1n) is 5.31. The number of anilines is 1. The fraction of sp³-hybridized carbons (Fsp3) is 0.333. The van der Waals surface area contributed by atoms with Crippen molar-refractivity contribution in [2.24, 2.45) is 0 Å². The van der Waals surface area contributed by atoms with Crippen molar-refractivity contribution in [1.82, 2.24) is 0 Å². The fourth-order valence-corrected chi connectivity index (χ4v) is 2.08. The van der Waals surface area contributed by atoms with Crippen LogP contribution in [0.3, 0.4) is 0 Å². The number of carbonyl (C=O) groups excluding carboxylic acids is 2. The number of methoxy groups -OCH3 is 1. The van der Waals surface area contributed by atoms with Gasteiger partial charge in [0.2, 0.25) is 5.91 Å². The first-order valence-corrected chi connectivity index (χ1v) is 5.69. The van der Waals surface area contributed by atoms with Crippen LogP contribution in [0.1, 0.15) is 23.2 Å². The number of rotatable bonds is 2. The van der Waals surface area contributed by atoms with Gasteiger partial charge in [-0.15, -0.1) is 0 Å². The van der Waals surface area contributed by atoms with Gasteiger partial charge in [0, 0.05) is 18.0 Å². The minimum Gasteiger partial charge on any atom is -0.465 e. The molecule has 1 aromatic carbocycles. The van der Waals surface area contributed by atoms with Crippen molar-refractivity contribution in [2.45, 2.75) is 12.8 Å². The van der Waals surface area contributed by atoms with Crippen molar-refractivity contribution in [3.05, 3.63) is 28.8 Å². The third kappa shape index (κ3) is 2.26. The Morgan fingerprint density at radius 1 is 1.47 bits per heavy atom. The van der Waals surface area contributed by atoms with E-state index in [0.717, 1.165) is 6.42 Å². The van der Waals surface area contributed by atoms with Crippen LogP contribution in [0.15, 0.2) is 18.2 Å². The van der Waals surface area contributed by atoms with Crippen molar-refractivity contribution >= 4 is 29.2 Å². The molecule has 1 saturated heterocycles. The molecule has 1 aliphatic heterocycles.